The Labute approximate surface area is 159 Å². The van der Waals surface area contributed by atoms with Gasteiger partial charge in [0.2, 0.25) is 0 Å². The Hall–Kier alpha value is -2.05. The average molecular weight is 374 g/mol. The first kappa shape index (κ1) is 18.7. The number of carbonyl (C=O) groups excluding carboxylic acids is 1. The van der Waals surface area contributed by atoms with Gasteiger partial charge in [-0.15, -0.1) is 11.3 Å². The molecule has 1 N–H and O–H groups in total. The summed E-state index contributed by atoms with van der Waals surface area (Å²) in [5.41, 5.74) is 1.13. The fourth-order valence-corrected chi connectivity index (χ4v) is 4.39. The van der Waals surface area contributed by atoms with Crippen LogP contribution in [0.1, 0.15) is 35.4 Å². The second-order valence-corrected chi connectivity index (χ2v) is 7.79. The number of likely N-dealkylation sites (N-methyl/N-ethyl adjacent to an activating group) is 1. The summed E-state index contributed by atoms with van der Waals surface area (Å²) in [5.74, 6) is 0.831. The minimum Gasteiger partial charge on any atom is -0.497 e. The lowest BCUT2D eigenvalue weighted by molar-refractivity contribution is 0.188. The first-order chi connectivity index (χ1) is 12.6. The number of thiophene rings is 1. The van der Waals surface area contributed by atoms with E-state index in [1.807, 2.05) is 37.2 Å². The number of carbonyl (C=O) groups is 1. The zero-order valence-corrected chi connectivity index (χ0v) is 16.5. The van der Waals surface area contributed by atoms with Crippen LogP contribution in [0.2, 0.25) is 0 Å². The molecule has 0 radical (unpaired) electrons. The normalized spacial score (nSPS) is 18.2. The zero-order valence-electron chi connectivity index (χ0n) is 15.6. The monoisotopic (exact) mass is 373 g/mol. The second kappa shape index (κ2) is 8.56. The highest BCUT2D eigenvalue weighted by atomic mass is 32.1. The molecule has 2 heterocycles. The van der Waals surface area contributed by atoms with Gasteiger partial charge in [-0.2, -0.15) is 0 Å². The molecule has 1 aromatic carbocycles. The van der Waals surface area contributed by atoms with Crippen LogP contribution in [0.4, 0.5) is 4.79 Å². The minimum atomic E-state index is 0.0237. The highest BCUT2D eigenvalue weighted by molar-refractivity contribution is 7.10. The van der Waals surface area contributed by atoms with E-state index in [1.165, 1.54) is 4.88 Å². The van der Waals surface area contributed by atoms with Crippen LogP contribution < -0.4 is 10.1 Å². The third-order valence-electron chi connectivity index (χ3n) is 4.93. The number of hydrogen-bond acceptors (Lipinski definition) is 4. The highest BCUT2D eigenvalue weighted by Gasteiger charge is 2.31. The number of nitrogens with one attached hydrogen (secondary N) is 1. The number of methoxy groups -OCH3 is 1. The molecule has 2 unspecified atom stereocenters. The minimum absolute atomic E-state index is 0.0237. The van der Waals surface area contributed by atoms with Crippen molar-refractivity contribution in [3.8, 4) is 5.75 Å². The van der Waals surface area contributed by atoms with Crippen molar-refractivity contribution >= 4 is 17.4 Å². The molecule has 1 saturated heterocycles. The van der Waals surface area contributed by atoms with Crippen molar-refractivity contribution in [2.45, 2.75) is 24.9 Å². The molecular formula is C20H27N3O2S. The zero-order chi connectivity index (χ0) is 18.5. The van der Waals surface area contributed by atoms with E-state index in [4.69, 9.17) is 4.74 Å². The van der Waals surface area contributed by atoms with E-state index in [2.05, 4.69) is 33.8 Å². The topological polar surface area (TPSA) is 44.8 Å². The van der Waals surface area contributed by atoms with E-state index in [1.54, 1.807) is 18.4 Å². The molecule has 0 bridgehead atoms. The smallest absolute Gasteiger partial charge is 0.318 e. The maximum absolute atomic E-state index is 12.8. The van der Waals surface area contributed by atoms with Gasteiger partial charge in [0.15, 0.2) is 0 Å². The quantitative estimate of drug-likeness (QED) is 0.835. The number of nitrogens with zero attached hydrogens (tertiary/aromatic N) is 2. The number of urea groups is 1. The molecule has 1 aliphatic rings. The SMILES string of the molecule is COc1cccc(C(CNC(=O)N2CCCC2c2cccs2)N(C)C)c1. The van der Waals surface area contributed by atoms with Crippen molar-refractivity contribution < 1.29 is 9.53 Å². The summed E-state index contributed by atoms with van der Waals surface area (Å²) in [6, 6.07) is 12.5. The van der Waals surface area contributed by atoms with Crippen LogP contribution in [0.15, 0.2) is 41.8 Å². The lowest BCUT2D eigenvalue weighted by atomic mass is 10.1. The number of amides is 2. The lowest BCUT2D eigenvalue weighted by Gasteiger charge is -2.28. The predicted octanol–water partition coefficient (Wildman–Crippen LogP) is 3.91. The van der Waals surface area contributed by atoms with E-state index >= 15 is 0 Å². The number of rotatable bonds is 6. The van der Waals surface area contributed by atoms with Crippen molar-refractivity contribution in [1.29, 1.82) is 0 Å². The van der Waals surface area contributed by atoms with Crippen LogP contribution >= 0.6 is 11.3 Å². The average Bonchev–Trinajstić information content (AvgIpc) is 3.32. The Morgan fingerprint density at radius 1 is 1.38 bits per heavy atom. The molecular weight excluding hydrogens is 346 g/mol. The summed E-state index contributed by atoms with van der Waals surface area (Å²) in [7, 11) is 5.73. The van der Waals surface area contributed by atoms with Crippen molar-refractivity contribution in [2.24, 2.45) is 0 Å². The van der Waals surface area contributed by atoms with Gasteiger partial charge < -0.3 is 19.9 Å². The maximum atomic E-state index is 12.8. The van der Waals surface area contributed by atoms with Gasteiger partial charge in [0.1, 0.15) is 5.75 Å². The van der Waals surface area contributed by atoms with Crippen LogP contribution in [0.5, 0.6) is 5.75 Å². The number of benzene rings is 1. The van der Waals surface area contributed by atoms with Gasteiger partial charge in [-0.05, 0) is 56.1 Å². The number of likely N-dealkylation sites (tertiary alicyclic amines) is 1. The molecule has 26 heavy (non-hydrogen) atoms. The van der Waals surface area contributed by atoms with Gasteiger partial charge in [0.05, 0.1) is 19.2 Å². The first-order valence-corrected chi connectivity index (χ1v) is 9.86. The van der Waals surface area contributed by atoms with Crippen LogP contribution in [-0.4, -0.2) is 50.1 Å². The Morgan fingerprint density at radius 2 is 2.23 bits per heavy atom. The van der Waals surface area contributed by atoms with Crippen LogP contribution in [-0.2, 0) is 0 Å². The molecule has 2 amide bonds. The lowest BCUT2D eigenvalue weighted by Crippen LogP contribution is -2.42. The number of hydrogen-bond donors (Lipinski definition) is 1. The third kappa shape index (κ3) is 4.19. The Bertz CT molecular complexity index is 718. The van der Waals surface area contributed by atoms with E-state index in [0.29, 0.717) is 6.54 Å². The molecule has 2 atom stereocenters. The Balaban J connectivity index is 1.66. The number of ether oxygens (including phenoxy) is 1. The van der Waals surface area contributed by atoms with Gasteiger partial charge in [-0.3, -0.25) is 0 Å². The molecule has 3 rings (SSSR count). The summed E-state index contributed by atoms with van der Waals surface area (Å²) in [6.45, 7) is 1.38. The summed E-state index contributed by atoms with van der Waals surface area (Å²) in [4.78, 5) is 18.2. The Kier molecular flexibility index (Phi) is 6.16. The van der Waals surface area contributed by atoms with Crippen molar-refractivity contribution in [3.63, 3.8) is 0 Å². The molecule has 1 fully saturated rings. The fourth-order valence-electron chi connectivity index (χ4n) is 3.52. The first-order valence-electron chi connectivity index (χ1n) is 8.98. The summed E-state index contributed by atoms with van der Waals surface area (Å²) in [6.07, 6.45) is 2.10. The van der Waals surface area contributed by atoms with Crippen LogP contribution in [0.25, 0.3) is 0 Å². The largest absolute Gasteiger partial charge is 0.497 e. The molecule has 0 saturated carbocycles. The molecule has 0 spiro atoms. The van der Waals surface area contributed by atoms with Gasteiger partial charge in [-0.25, -0.2) is 4.79 Å². The molecule has 1 aliphatic heterocycles. The van der Waals surface area contributed by atoms with E-state index in [-0.39, 0.29) is 18.1 Å². The predicted molar refractivity (Wildman–Crippen MR) is 106 cm³/mol. The highest BCUT2D eigenvalue weighted by Crippen LogP contribution is 2.34. The molecule has 5 nitrogen and oxygen atoms in total. The molecule has 140 valence electrons. The summed E-state index contributed by atoms with van der Waals surface area (Å²) < 4.78 is 5.33. The van der Waals surface area contributed by atoms with E-state index in [9.17, 15) is 4.79 Å². The van der Waals surface area contributed by atoms with Gasteiger partial charge in [-0.1, -0.05) is 18.2 Å². The van der Waals surface area contributed by atoms with Crippen molar-refractivity contribution in [3.05, 3.63) is 52.2 Å². The maximum Gasteiger partial charge on any atom is 0.318 e. The molecule has 1 aromatic heterocycles. The third-order valence-corrected chi connectivity index (χ3v) is 5.91. The van der Waals surface area contributed by atoms with Crippen LogP contribution in [0, 0.1) is 0 Å². The standard InChI is InChI=1S/C20H27N3O2S/c1-22(2)18(15-7-4-8-16(13-15)25-3)14-21-20(24)23-11-5-9-17(23)19-10-6-12-26-19/h4,6-8,10,12-13,17-18H,5,9,11,14H2,1-3H3,(H,21,24). The van der Waals surface area contributed by atoms with Crippen molar-refractivity contribution in [1.82, 2.24) is 15.1 Å². The second-order valence-electron chi connectivity index (χ2n) is 6.81. The fraction of sp³-hybridized carbons (Fsp3) is 0.450. The summed E-state index contributed by atoms with van der Waals surface area (Å²) in [5, 5.41) is 5.22. The Morgan fingerprint density at radius 3 is 2.92 bits per heavy atom. The molecule has 2 aromatic rings. The van der Waals surface area contributed by atoms with E-state index in [0.717, 1.165) is 30.7 Å². The molecule has 6 heteroatoms. The van der Waals surface area contributed by atoms with Crippen molar-refractivity contribution in [2.75, 3.05) is 34.3 Å². The van der Waals surface area contributed by atoms with Gasteiger partial charge in [0, 0.05) is 18.0 Å². The van der Waals surface area contributed by atoms with E-state index < -0.39 is 0 Å². The molecule has 0 aliphatic carbocycles. The summed E-state index contributed by atoms with van der Waals surface area (Å²) >= 11 is 1.73. The van der Waals surface area contributed by atoms with Gasteiger partial charge >= 0.3 is 6.03 Å². The van der Waals surface area contributed by atoms with Gasteiger partial charge in [0.25, 0.3) is 0 Å². The van der Waals surface area contributed by atoms with Crippen LogP contribution in [0.3, 0.4) is 0 Å².